The van der Waals surface area contributed by atoms with E-state index in [0.29, 0.717) is 13.1 Å². The van der Waals surface area contributed by atoms with Crippen LogP contribution in [0.3, 0.4) is 0 Å². The average molecular weight is 441 g/mol. The molecule has 1 amide bonds. The molecular formula is C24H36BN3O4. The summed E-state index contributed by atoms with van der Waals surface area (Å²) < 4.78 is 20.3. The van der Waals surface area contributed by atoms with Crippen molar-refractivity contribution in [3.63, 3.8) is 0 Å². The van der Waals surface area contributed by atoms with Gasteiger partial charge in [0, 0.05) is 18.5 Å². The van der Waals surface area contributed by atoms with E-state index in [2.05, 4.69) is 57.5 Å². The van der Waals surface area contributed by atoms with Crippen molar-refractivity contribution >= 4 is 29.7 Å². The topological polar surface area (TPSA) is 65.8 Å². The minimum absolute atomic E-state index is 0.202. The summed E-state index contributed by atoms with van der Waals surface area (Å²) in [5, 5.41) is 6.12. The third-order valence-corrected chi connectivity index (χ3v) is 6.90. The molecule has 7 nitrogen and oxygen atoms in total. The lowest BCUT2D eigenvalue weighted by Crippen LogP contribution is -2.42. The molecule has 0 bridgehead atoms. The zero-order chi connectivity index (χ0) is 23.5. The van der Waals surface area contributed by atoms with Crippen LogP contribution in [0.1, 0.15) is 72.9 Å². The monoisotopic (exact) mass is 441 g/mol. The Morgan fingerprint density at radius 3 is 2.28 bits per heavy atom. The number of para-hydroxylation sites is 1. The summed E-state index contributed by atoms with van der Waals surface area (Å²) in [5.74, 6) is 0. The fourth-order valence-corrected chi connectivity index (χ4v) is 4.40. The molecule has 2 aliphatic heterocycles. The number of hydrogen-bond acceptors (Lipinski definition) is 5. The number of piperidine rings is 1. The molecule has 0 radical (unpaired) electrons. The fourth-order valence-electron chi connectivity index (χ4n) is 4.40. The number of benzene rings is 1. The van der Waals surface area contributed by atoms with E-state index >= 15 is 0 Å². The van der Waals surface area contributed by atoms with Crippen LogP contribution in [0, 0.1) is 6.92 Å². The summed E-state index contributed by atoms with van der Waals surface area (Å²) in [5.41, 5.74) is 1.80. The van der Waals surface area contributed by atoms with Gasteiger partial charge in [0.2, 0.25) is 0 Å². The zero-order valence-corrected chi connectivity index (χ0v) is 20.7. The summed E-state index contributed by atoms with van der Waals surface area (Å²) in [6, 6.07) is 6.48. The summed E-state index contributed by atoms with van der Waals surface area (Å²) >= 11 is 0. The van der Waals surface area contributed by atoms with Gasteiger partial charge in [0.15, 0.2) is 0 Å². The zero-order valence-electron chi connectivity index (χ0n) is 20.7. The first-order valence-corrected chi connectivity index (χ1v) is 11.6. The molecule has 174 valence electrons. The summed E-state index contributed by atoms with van der Waals surface area (Å²) in [4.78, 5) is 14.3. The number of ether oxygens (including phenoxy) is 1. The van der Waals surface area contributed by atoms with E-state index in [0.717, 1.165) is 29.3 Å². The van der Waals surface area contributed by atoms with Gasteiger partial charge in [-0.15, -0.1) is 0 Å². The number of hydrogen-bond donors (Lipinski definition) is 0. The highest BCUT2D eigenvalue weighted by atomic mass is 16.7. The van der Waals surface area contributed by atoms with Crippen molar-refractivity contribution in [2.75, 3.05) is 13.1 Å². The van der Waals surface area contributed by atoms with Gasteiger partial charge in [-0.1, -0.05) is 18.2 Å². The number of fused-ring (bicyclic) bond motifs is 1. The van der Waals surface area contributed by atoms with Crippen molar-refractivity contribution in [2.24, 2.45) is 0 Å². The largest absolute Gasteiger partial charge is 0.517 e. The van der Waals surface area contributed by atoms with Gasteiger partial charge in [-0.25, -0.2) is 4.79 Å². The first-order valence-electron chi connectivity index (χ1n) is 11.6. The van der Waals surface area contributed by atoms with Gasteiger partial charge in [0.1, 0.15) is 11.2 Å². The molecule has 8 heteroatoms. The average Bonchev–Trinajstić information content (AvgIpc) is 3.16. The van der Waals surface area contributed by atoms with Crippen molar-refractivity contribution in [1.29, 1.82) is 0 Å². The minimum atomic E-state index is -0.507. The van der Waals surface area contributed by atoms with Crippen molar-refractivity contribution in [3.8, 4) is 0 Å². The predicted molar refractivity (Wildman–Crippen MR) is 126 cm³/mol. The van der Waals surface area contributed by atoms with E-state index in [1.54, 1.807) is 4.90 Å². The molecule has 0 N–H and O–H groups in total. The summed E-state index contributed by atoms with van der Waals surface area (Å²) in [6.07, 6.45) is 1.41. The lowest BCUT2D eigenvalue weighted by atomic mass is 9.82. The molecule has 1 aromatic heterocycles. The molecule has 1 aromatic carbocycles. The van der Waals surface area contributed by atoms with E-state index in [9.17, 15) is 4.79 Å². The second-order valence-corrected chi connectivity index (χ2v) is 11.1. The molecule has 2 saturated heterocycles. The Bertz CT molecular complexity index is 1000. The van der Waals surface area contributed by atoms with Gasteiger partial charge in [-0.2, -0.15) is 5.10 Å². The van der Waals surface area contributed by atoms with Crippen LogP contribution in [0.5, 0.6) is 0 Å². The molecular weight excluding hydrogens is 405 g/mol. The molecule has 0 atom stereocenters. The van der Waals surface area contributed by atoms with Crippen LogP contribution >= 0.6 is 0 Å². The second-order valence-electron chi connectivity index (χ2n) is 11.1. The Morgan fingerprint density at radius 1 is 1.12 bits per heavy atom. The Kier molecular flexibility index (Phi) is 5.61. The van der Waals surface area contributed by atoms with Crippen LogP contribution in [0.2, 0.25) is 0 Å². The molecule has 2 fully saturated rings. The lowest BCUT2D eigenvalue weighted by molar-refractivity contribution is 0.00578. The van der Waals surface area contributed by atoms with Gasteiger partial charge >= 0.3 is 13.2 Å². The second kappa shape index (κ2) is 7.77. The highest BCUT2D eigenvalue weighted by molar-refractivity contribution is 6.64. The molecule has 0 aliphatic carbocycles. The SMILES string of the molecule is Cc1cccc2c(B3OC(C)(C)C(C)(C)O3)nn(C3CCN(C(=O)OC(C)(C)C)CC3)c12. The van der Waals surface area contributed by atoms with Crippen LogP contribution in [0.4, 0.5) is 4.79 Å². The van der Waals surface area contributed by atoms with E-state index in [1.165, 1.54) is 5.56 Å². The van der Waals surface area contributed by atoms with Crippen LogP contribution < -0.4 is 5.59 Å². The smallest absolute Gasteiger partial charge is 0.444 e. The maximum Gasteiger partial charge on any atom is 0.517 e. The minimum Gasteiger partial charge on any atom is -0.444 e. The summed E-state index contributed by atoms with van der Waals surface area (Å²) in [6.45, 7) is 17.3. The number of aromatic nitrogens is 2. The van der Waals surface area contributed by atoms with Crippen molar-refractivity contribution in [2.45, 2.75) is 91.1 Å². The van der Waals surface area contributed by atoms with Crippen LogP contribution in [0.15, 0.2) is 18.2 Å². The Labute approximate surface area is 191 Å². The van der Waals surface area contributed by atoms with Gasteiger partial charge in [-0.05, 0) is 73.8 Å². The number of carbonyl (C=O) groups is 1. The number of rotatable bonds is 2. The molecule has 4 rings (SSSR count). The predicted octanol–water partition coefficient (Wildman–Crippen LogP) is 4.22. The molecule has 3 heterocycles. The van der Waals surface area contributed by atoms with Crippen LogP contribution in [-0.2, 0) is 14.0 Å². The van der Waals surface area contributed by atoms with Gasteiger partial charge in [0.25, 0.3) is 0 Å². The fraction of sp³-hybridized carbons (Fsp3) is 0.667. The molecule has 0 saturated carbocycles. The highest BCUT2D eigenvalue weighted by Gasteiger charge is 2.53. The van der Waals surface area contributed by atoms with E-state index < -0.39 is 23.9 Å². The van der Waals surface area contributed by atoms with Crippen molar-refractivity contribution in [3.05, 3.63) is 23.8 Å². The molecule has 32 heavy (non-hydrogen) atoms. The summed E-state index contributed by atoms with van der Waals surface area (Å²) in [7, 11) is -0.507. The molecule has 2 aliphatic rings. The molecule has 0 spiro atoms. The quantitative estimate of drug-likeness (QED) is 0.653. The maximum atomic E-state index is 12.5. The Balaban J connectivity index is 1.61. The van der Waals surface area contributed by atoms with Gasteiger partial charge in [0.05, 0.1) is 22.8 Å². The maximum absolute atomic E-state index is 12.5. The molecule has 2 aromatic rings. The third kappa shape index (κ3) is 4.15. The van der Waals surface area contributed by atoms with E-state index in [4.69, 9.17) is 19.1 Å². The van der Waals surface area contributed by atoms with Gasteiger partial charge in [-0.3, -0.25) is 4.68 Å². The third-order valence-electron chi connectivity index (χ3n) is 6.90. The Morgan fingerprint density at radius 2 is 1.72 bits per heavy atom. The number of likely N-dealkylation sites (tertiary alicyclic amines) is 1. The highest BCUT2D eigenvalue weighted by Crippen LogP contribution is 2.37. The first kappa shape index (κ1) is 23.1. The van der Waals surface area contributed by atoms with Crippen LogP contribution in [0.25, 0.3) is 10.9 Å². The van der Waals surface area contributed by atoms with E-state index in [-0.39, 0.29) is 12.1 Å². The number of nitrogens with zero attached hydrogens (tertiary/aromatic N) is 3. The molecule has 0 unspecified atom stereocenters. The van der Waals surface area contributed by atoms with Crippen molar-refractivity contribution in [1.82, 2.24) is 14.7 Å². The van der Waals surface area contributed by atoms with E-state index in [1.807, 2.05) is 20.8 Å². The normalized spacial score (nSPS) is 21.4. The standard InChI is InChI=1S/C24H36BN3O4/c1-16-10-9-11-18-19(16)28(26-20(18)25-31-23(5,6)24(7,8)32-25)17-12-14-27(15-13-17)21(29)30-22(2,3)4/h9-11,17H,12-15H2,1-8H3. The Hall–Kier alpha value is -2.06. The van der Waals surface area contributed by atoms with Crippen LogP contribution in [-0.4, -0.2) is 57.8 Å². The lowest BCUT2D eigenvalue weighted by Gasteiger charge is -2.33. The van der Waals surface area contributed by atoms with Gasteiger partial charge < -0.3 is 18.9 Å². The van der Waals surface area contributed by atoms with Crippen molar-refractivity contribution < 1.29 is 18.8 Å². The first-order chi connectivity index (χ1) is 14.8. The number of aryl methyl sites for hydroxylation is 1. The number of carbonyl (C=O) groups excluding carboxylic acids is 1. The number of amides is 1.